The Labute approximate surface area is 176 Å². The van der Waals surface area contributed by atoms with Crippen LogP contribution in [0.1, 0.15) is 38.4 Å². The lowest BCUT2D eigenvalue weighted by Gasteiger charge is -2.11. The lowest BCUT2D eigenvalue weighted by atomic mass is 10.2. The summed E-state index contributed by atoms with van der Waals surface area (Å²) in [6.45, 7) is 3.19. The SMILES string of the molecule is CCCCc1nc2c(N)nc3ccccc3c2n1CCCCSc1ccccc1. The molecule has 2 N–H and O–H groups in total. The number of fused-ring (bicyclic) bond motifs is 3. The number of unbranched alkanes of at least 4 members (excludes halogenated alkanes) is 2. The smallest absolute Gasteiger partial charge is 0.152 e. The summed E-state index contributed by atoms with van der Waals surface area (Å²) in [6.07, 6.45) is 5.58. The van der Waals surface area contributed by atoms with E-state index in [9.17, 15) is 0 Å². The molecular formula is C24H28N4S. The molecule has 0 aliphatic heterocycles. The number of thioether (sulfide) groups is 1. The van der Waals surface area contributed by atoms with Gasteiger partial charge < -0.3 is 10.3 Å². The van der Waals surface area contributed by atoms with Crippen molar-refractivity contribution in [3.8, 4) is 0 Å². The van der Waals surface area contributed by atoms with Gasteiger partial charge in [0.2, 0.25) is 0 Å². The highest BCUT2D eigenvalue weighted by molar-refractivity contribution is 7.99. The Morgan fingerprint density at radius 1 is 0.931 bits per heavy atom. The largest absolute Gasteiger partial charge is 0.382 e. The van der Waals surface area contributed by atoms with E-state index in [1.165, 1.54) is 11.3 Å². The van der Waals surface area contributed by atoms with E-state index < -0.39 is 0 Å². The zero-order valence-corrected chi connectivity index (χ0v) is 17.8. The number of aromatic nitrogens is 3. The van der Waals surface area contributed by atoms with Crippen LogP contribution in [0.3, 0.4) is 0 Å². The topological polar surface area (TPSA) is 56.7 Å². The number of hydrogen-bond donors (Lipinski definition) is 1. The van der Waals surface area contributed by atoms with Crippen LogP contribution in [0.15, 0.2) is 59.5 Å². The molecule has 4 nitrogen and oxygen atoms in total. The summed E-state index contributed by atoms with van der Waals surface area (Å²) < 4.78 is 2.40. The number of anilines is 1. The molecule has 2 aromatic heterocycles. The molecule has 0 spiro atoms. The van der Waals surface area contributed by atoms with Crippen LogP contribution in [-0.4, -0.2) is 20.3 Å². The molecule has 150 valence electrons. The third kappa shape index (κ3) is 4.40. The number of nitrogens with two attached hydrogens (primary N) is 1. The molecule has 2 aromatic carbocycles. The number of benzene rings is 2. The summed E-state index contributed by atoms with van der Waals surface area (Å²) in [4.78, 5) is 10.8. The van der Waals surface area contributed by atoms with Crippen LogP contribution in [0.2, 0.25) is 0 Å². The zero-order valence-electron chi connectivity index (χ0n) is 17.0. The van der Waals surface area contributed by atoms with Crippen LogP contribution >= 0.6 is 11.8 Å². The van der Waals surface area contributed by atoms with Crippen LogP contribution in [0.25, 0.3) is 21.9 Å². The summed E-state index contributed by atoms with van der Waals surface area (Å²) in [5, 5.41) is 1.14. The number of pyridine rings is 1. The van der Waals surface area contributed by atoms with E-state index in [0.717, 1.165) is 65.7 Å². The molecule has 5 heteroatoms. The van der Waals surface area contributed by atoms with Gasteiger partial charge in [0, 0.05) is 23.2 Å². The normalized spacial score (nSPS) is 11.5. The highest BCUT2D eigenvalue weighted by Crippen LogP contribution is 2.30. The molecule has 29 heavy (non-hydrogen) atoms. The number of hydrogen-bond acceptors (Lipinski definition) is 4. The van der Waals surface area contributed by atoms with Crippen LogP contribution in [-0.2, 0) is 13.0 Å². The number of aryl methyl sites for hydroxylation is 2. The van der Waals surface area contributed by atoms with Crippen molar-refractivity contribution in [1.82, 2.24) is 14.5 Å². The first-order chi connectivity index (χ1) is 14.3. The van der Waals surface area contributed by atoms with Crippen LogP contribution in [0.5, 0.6) is 0 Å². The van der Waals surface area contributed by atoms with Crippen molar-refractivity contribution in [2.45, 2.75) is 50.5 Å². The van der Waals surface area contributed by atoms with E-state index in [-0.39, 0.29) is 0 Å². The number of para-hydroxylation sites is 1. The molecule has 0 saturated heterocycles. The van der Waals surface area contributed by atoms with Crippen LogP contribution in [0.4, 0.5) is 5.82 Å². The van der Waals surface area contributed by atoms with Gasteiger partial charge in [-0.25, -0.2) is 9.97 Å². The second-order valence-corrected chi connectivity index (χ2v) is 8.53. The van der Waals surface area contributed by atoms with Crippen molar-refractivity contribution in [1.29, 1.82) is 0 Å². The van der Waals surface area contributed by atoms with Gasteiger partial charge in [-0.1, -0.05) is 49.7 Å². The first-order valence-corrected chi connectivity index (χ1v) is 11.5. The Morgan fingerprint density at radius 3 is 2.55 bits per heavy atom. The molecule has 4 rings (SSSR count). The summed E-state index contributed by atoms with van der Waals surface area (Å²) in [5.41, 5.74) is 9.23. The maximum Gasteiger partial charge on any atom is 0.152 e. The third-order valence-corrected chi connectivity index (χ3v) is 6.33. The zero-order chi connectivity index (χ0) is 20.1. The summed E-state index contributed by atoms with van der Waals surface area (Å²) in [5.74, 6) is 2.81. The minimum Gasteiger partial charge on any atom is -0.382 e. The van der Waals surface area contributed by atoms with Gasteiger partial charge in [0.25, 0.3) is 0 Å². The van der Waals surface area contributed by atoms with Gasteiger partial charge in [0.1, 0.15) is 11.3 Å². The monoisotopic (exact) mass is 404 g/mol. The van der Waals surface area contributed by atoms with Gasteiger partial charge in [0.15, 0.2) is 5.82 Å². The van der Waals surface area contributed by atoms with E-state index in [0.29, 0.717) is 5.82 Å². The van der Waals surface area contributed by atoms with E-state index in [2.05, 4.69) is 58.9 Å². The van der Waals surface area contributed by atoms with Crippen molar-refractivity contribution in [3.63, 3.8) is 0 Å². The molecular weight excluding hydrogens is 376 g/mol. The Bertz CT molecular complexity index is 1090. The predicted molar refractivity (Wildman–Crippen MR) is 124 cm³/mol. The molecule has 4 aromatic rings. The van der Waals surface area contributed by atoms with Gasteiger partial charge in [-0.15, -0.1) is 11.8 Å². The van der Waals surface area contributed by atoms with Crippen molar-refractivity contribution in [2.24, 2.45) is 0 Å². The lowest BCUT2D eigenvalue weighted by Crippen LogP contribution is -2.05. The molecule has 0 fully saturated rings. The van der Waals surface area contributed by atoms with Crippen LogP contribution in [0, 0.1) is 0 Å². The van der Waals surface area contributed by atoms with Gasteiger partial charge in [-0.3, -0.25) is 0 Å². The number of nitrogen functional groups attached to an aromatic ring is 1. The van der Waals surface area contributed by atoms with Crippen molar-refractivity contribution >= 4 is 39.5 Å². The van der Waals surface area contributed by atoms with E-state index in [1.54, 1.807) is 0 Å². The first kappa shape index (κ1) is 19.8. The van der Waals surface area contributed by atoms with Gasteiger partial charge >= 0.3 is 0 Å². The van der Waals surface area contributed by atoms with E-state index in [1.807, 2.05) is 23.9 Å². The lowest BCUT2D eigenvalue weighted by molar-refractivity contribution is 0.607. The Kier molecular flexibility index (Phi) is 6.35. The fourth-order valence-electron chi connectivity index (χ4n) is 3.75. The summed E-state index contributed by atoms with van der Waals surface area (Å²) in [6, 6.07) is 18.9. The average Bonchev–Trinajstić information content (AvgIpc) is 3.12. The number of rotatable bonds is 9. The van der Waals surface area contributed by atoms with Gasteiger partial charge in [-0.2, -0.15) is 0 Å². The number of imidazole rings is 1. The van der Waals surface area contributed by atoms with Gasteiger partial charge in [0.05, 0.1) is 11.0 Å². The molecule has 0 amide bonds. The van der Waals surface area contributed by atoms with Crippen LogP contribution < -0.4 is 5.73 Å². The Hall–Kier alpha value is -2.53. The molecule has 0 unspecified atom stereocenters. The van der Waals surface area contributed by atoms with Crippen molar-refractivity contribution in [2.75, 3.05) is 11.5 Å². The van der Waals surface area contributed by atoms with Gasteiger partial charge in [-0.05, 0) is 43.2 Å². The highest BCUT2D eigenvalue weighted by atomic mass is 32.2. The molecule has 0 atom stereocenters. The Morgan fingerprint density at radius 2 is 1.72 bits per heavy atom. The third-order valence-electron chi connectivity index (χ3n) is 5.23. The second kappa shape index (κ2) is 9.31. The van der Waals surface area contributed by atoms with Crippen molar-refractivity contribution in [3.05, 3.63) is 60.4 Å². The average molecular weight is 405 g/mol. The summed E-state index contributed by atoms with van der Waals surface area (Å²) >= 11 is 1.93. The Balaban J connectivity index is 1.57. The molecule has 0 saturated carbocycles. The van der Waals surface area contributed by atoms with E-state index >= 15 is 0 Å². The molecule has 0 radical (unpaired) electrons. The summed E-state index contributed by atoms with van der Waals surface area (Å²) in [7, 11) is 0. The van der Waals surface area contributed by atoms with E-state index in [4.69, 9.17) is 10.7 Å². The fraction of sp³-hybridized carbons (Fsp3) is 0.333. The quantitative estimate of drug-likeness (QED) is 0.271. The number of nitrogens with zero attached hydrogens (tertiary/aromatic N) is 3. The fourth-order valence-corrected chi connectivity index (χ4v) is 4.68. The maximum absolute atomic E-state index is 6.28. The molecule has 0 aliphatic carbocycles. The van der Waals surface area contributed by atoms with Crippen molar-refractivity contribution < 1.29 is 0 Å². The standard InChI is InChI=1S/C24H28N4S/c1-2-3-15-21-27-22-23(19-13-7-8-14-20(19)26-24(22)25)28(21)16-9-10-17-29-18-11-5-4-6-12-18/h4-8,11-14H,2-3,9-10,15-17H2,1H3,(H2,25,26). The molecule has 2 heterocycles. The second-order valence-electron chi connectivity index (χ2n) is 7.36. The highest BCUT2D eigenvalue weighted by Gasteiger charge is 2.16. The molecule has 0 aliphatic rings. The predicted octanol–water partition coefficient (Wildman–Crippen LogP) is 6.08. The molecule has 0 bridgehead atoms. The maximum atomic E-state index is 6.28. The minimum absolute atomic E-state index is 0.537. The minimum atomic E-state index is 0.537. The first-order valence-electron chi connectivity index (χ1n) is 10.5.